The molecule has 39 heavy (non-hydrogen) atoms. The zero-order chi connectivity index (χ0) is 28.0. The molecular formula is C28H25N3O7S. The maximum atomic E-state index is 14.1. The lowest BCUT2D eigenvalue weighted by molar-refractivity contribution is -0.139. The first kappa shape index (κ1) is 26.1. The molecule has 11 heteroatoms. The average Bonchev–Trinajstić information content (AvgIpc) is 3.35. The molecule has 0 saturated heterocycles. The summed E-state index contributed by atoms with van der Waals surface area (Å²) in [5, 5.41) is 0. The fourth-order valence-corrected chi connectivity index (χ4v) is 5.98. The molecule has 1 amide bonds. The molecule has 2 aliphatic heterocycles. The Morgan fingerprint density at radius 3 is 2.54 bits per heavy atom. The summed E-state index contributed by atoms with van der Waals surface area (Å²) in [6.07, 6.45) is 0. The highest BCUT2D eigenvalue weighted by atomic mass is 32.1. The molecule has 3 aromatic rings. The largest absolute Gasteiger partial charge is 0.493 e. The third-order valence-corrected chi connectivity index (χ3v) is 7.58. The Hall–Kier alpha value is -4.51. The van der Waals surface area contributed by atoms with E-state index < -0.39 is 23.5 Å². The van der Waals surface area contributed by atoms with Crippen LogP contribution in [0.5, 0.6) is 11.5 Å². The molecule has 200 valence electrons. The number of thiazole rings is 1. The number of carbonyl (C=O) groups is 3. The number of benzene rings is 2. The molecule has 0 spiro atoms. The smallest absolute Gasteiger partial charge is 0.338 e. The van der Waals surface area contributed by atoms with E-state index in [2.05, 4.69) is 4.99 Å². The number of ether oxygens (including phenoxy) is 3. The maximum Gasteiger partial charge on any atom is 0.338 e. The Labute approximate surface area is 227 Å². The number of aromatic nitrogens is 1. The molecule has 0 saturated carbocycles. The van der Waals surface area contributed by atoms with Gasteiger partial charge >= 0.3 is 11.9 Å². The predicted octanol–water partition coefficient (Wildman–Crippen LogP) is 2.08. The number of allylic oxidation sites excluding steroid dienone is 1. The number of methoxy groups -OCH3 is 1. The minimum atomic E-state index is -0.931. The summed E-state index contributed by atoms with van der Waals surface area (Å²) in [5.74, 6) is -1.01. The van der Waals surface area contributed by atoms with Crippen molar-refractivity contribution in [3.63, 3.8) is 0 Å². The van der Waals surface area contributed by atoms with Gasteiger partial charge in [0.1, 0.15) is 4.53 Å². The van der Waals surface area contributed by atoms with Crippen LogP contribution in [0.3, 0.4) is 0 Å². The predicted molar refractivity (Wildman–Crippen MR) is 143 cm³/mol. The average molecular weight is 548 g/mol. The van der Waals surface area contributed by atoms with Crippen LogP contribution in [-0.4, -0.2) is 43.2 Å². The second-order valence-corrected chi connectivity index (χ2v) is 9.86. The summed E-state index contributed by atoms with van der Waals surface area (Å²) in [6.45, 7) is 4.77. The van der Waals surface area contributed by atoms with E-state index in [1.54, 1.807) is 39.1 Å². The van der Waals surface area contributed by atoms with Crippen LogP contribution in [0.2, 0.25) is 0 Å². The molecule has 2 aromatic carbocycles. The Bertz CT molecular complexity index is 1770. The highest BCUT2D eigenvalue weighted by Crippen LogP contribution is 2.37. The number of hydrogen-bond donors (Lipinski definition) is 0. The van der Waals surface area contributed by atoms with Crippen molar-refractivity contribution in [3.05, 3.63) is 84.5 Å². The van der Waals surface area contributed by atoms with Crippen LogP contribution in [0, 0.1) is 0 Å². The van der Waals surface area contributed by atoms with Crippen LogP contribution in [0.1, 0.15) is 37.9 Å². The zero-order valence-corrected chi connectivity index (χ0v) is 22.8. The Morgan fingerprint density at radius 2 is 1.85 bits per heavy atom. The highest BCUT2D eigenvalue weighted by molar-refractivity contribution is 7.07. The SMILES string of the molecule is CCOC(=O)C1=C(C)N=c2sc(=C3C(=O)N(C)c4ccccc43)c(=O)n2[C@@H]1c1ccc(OC(C)=O)c(OC)c1. The Kier molecular flexibility index (Phi) is 6.69. The van der Waals surface area contributed by atoms with Crippen LogP contribution < -0.4 is 29.3 Å². The summed E-state index contributed by atoms with van der Waals surface area (Å²) < 4.78 is 17.6. The van der Waals surface area contributed by atoms with E-state index in [0.29, 0.717) is 27.3 Å². The van der Waals surface area contributed by atoms with E-state index in [1.165, 1.54) is 29.6 Å². The number of para-hydroxylation sites is 1. The van der Waals surface area contributed by atoms with E-state index in [9.17, 15) is 19.2 Å². The van der Waals surface area contributed by atoms with Gasteiger partial charge in [-0.05, 0) is 37.6 Å². The molecule has 5 rings (SSSR count). The summed E-state index contributed by atoms with van der Waals surface area (Å²) in [7, 11) is 3.08. The molecule has 3 heterocycles. The fourth-order valence-electron chi connectivity index (χ4n) is 4.84. The second-order valence-electron chi connectivity index (χ2n) is 8.88. The number of fused-ring (bicyclic) bond motifs is 2. The minimum absolute atomic E-state index is 0.128. The monoisotopic (exact) mass is 547 g/mol. The lowest BCUT2D eigenvalue weighted by Gasteiger charge is -2.25. The molecule has 10 nitrogen and oxygen atoms in total. The number of anilines is 1. The van der Waals surface area contributed by atoms with Crippen LogP contribution >= 0.6 is 11.3 Å². The van der Waals surface area contributed by atoms with Crippen LogP contribution in [0.15, 0.2) is 63.5 Å². The first-order valence-electron chi connectivity index (χ1n) is 12.1. The van der Waals surface area contributed by atoms with E-state index in [4.69, 9.17) is 14.2 Å². The standard InChI is InChI=1S/C28H25N3O7S/c1-6-37-27(35)21-14(2)29-28-31(23(21)16-11-12-19(38-15(3)32)20(13-16)36-5)26(34)24(39-28)22-17-9-7-8-10-18(17)30(4)25(22)33/h7-13,23H,6H2,1-5H3/t23-/m1/s1. The van der Waals surface area contributed by atoms with Crippen LogP contribution in [0.25, 0.3) is 5.57 Å². The Balaban J connectivity index is 1.80. The van der Waals surface area contributed by atoms with Crippen LogP contribution in [-0.2, 0) is 19.1 Å². The van der Waals surface area contributed by atoms with Crippen molar-refractivity contribution in [2.75, 3.05) is 25.7 Å². The van der Waals surface area contributed by atoms with Gasteiger partial charge in [-0.1, -0.05) is 35.6 Å². The normalized spacial score (nSPS) is 17.4. The van der Waals surface area contributed by atoms with Gasteiger partial charge in [-0.3, -0.25) is 19.0 Å². The molecule has 0 unspecified atom stereocenters. The molecule has 1 atom stereocenters. The van der Waals surface area contributed by atoms with E-state index in [0.717, 1.165) is 11.3 Å². The van der Waals surface area contributed by atoms with Gasteiger partial charge in [0, 0.05) is 19.5 Å². The van der Waals surface area contributed by atoms with Crippen molar-refractivity contribution < 1.29 is 28.6 Å². The molecule has 2 aliphatic rings. The number of amides is 1. The third-order valence-electron chi connectivity index (χ3n) is 6.53. The molecular weight excluding hydrogens is 522 g/mol. The van der Waals surface area contributed by atoms with E-state index in [1.807, 2.05) is 18.2 Å². The quantitative estimate of drug-likeness (QED) is 0.355. The molecule has 0 radical (unpaired) electrons. The molecule has 0 aliphatic carbocycles. The van der Waals surface area contributed by atoms with Gasteiger partial charge in [0.05, 0.1) is 42.3 Å². The number of nitrogens with zero attached hydrogens (tertiary/aromatic N) is 3. The van der Waals surface area contributed by atoms with Crippen molar-refractivity contribution in [1.29, 1.82) is 0 Å². The number of esters is 2. The summed E-state index contributed by atoms with van der Waals surface area (Å²) >= 11 is 1.09. The van der Waals surface area contributed by atoms with Crippen molar-refractivity contribution in [3.8, 4) is 11.5 Å². The van der Waals surface area contributed by atoms with Gasteiger partial charge < -0.3 is 19.1 Å². The number of hydrogen-bond acceptors (Lipinski definition) is 9. The zero-order valence-electron chi connectivity index (χ0n) is 21.9. The minimum Gasteiger partial charge on any atom is -0.493 e. The van der Waals surface area contributed by atoms with Crippen molar-refractivity contribution >= 4 is 40.4 Å². The lowest BCUT2D eigenvalue weighted by Crippen LogP contribution is -2.40. The highest BCUT2D eigenvalue weighted by Gasteiger charge is 2.36. The van der Waals surface area contributed by atoms with Gasteiger partial charge in [0.2, 0.25) is 0 Å². The van der Waals surface area contributed by atoms with Crippen molar-refractivity contribution in [1.82, 2.24) is 4.57 Å². The van der Waals surface area contributed by atoms with E-state index >= 15 is 0 Å². The first-order chi connectivity index (χ1) is 18.7. The van der Waals surface area contributed by atoms with Gasteiger partial charge in [-0.2, -0.15) is 0 Å². The van der Waals surface area contributed by atoms with Crippen molar-refractivity contribution in [2.45, 2.75) is 26.8 Å². The Morgan fingerprint density at radius 1 is 1.10 bits per heavy atom. The number of carbonyl (C=O) groups excluding carboxylic acids is 3. The number of rotatable bonds is 5. The van der Waals surface area contributed by atoms with Gasteiger partial charge in [0.25, 0.3) is 11.5 Å². The maximum absolute atomic E-state index is 14.1. The molecule has 0 N–H and O–H groups in total. The lowest BCUT2D eigenvalue weighted by atomic mass is 9.95. The first-order valence-corrected chi connectivity index (χ1v) is 13.0. The van der Waals surface area contributed by atoms with Gasteiger partial charge in [0.15, 0.2) is 16.3 Å². The van der Waals surface area contributed by atoms with Gasteiger partial charge in [-0.25, -0.2) is 9.79 Å². The molecule has 0 fully saturated rings. The van der Waals surface area contributed by atoms with Crippen LogP contribution in [0.4, 0.5) is 5.69 Å². The number of likely N-dealkylation sites (N-methyl/N-ethyl adjacent to an activating group) is 1. The molecule has 0 bridgehead atoms. The summed E-state index contributed by atoms with van der Waals surface area (Å²) in [4.78, 5) is 58.5. The summed E-state index contributed by atoms with van der Waals surface area (Å²) in [6, 6.07) is 11.1. The second kappa shape index (κ2) is 9.99. The summed E-state index contributed by atoms with van der Waals surface area (Å²) in [5.41, 5.74) is 2.25. The molecule has 1 aromatic heterocycles. The fraction of sp³-hybridized carbons (Fsp3) is 0.250. The third kappa shape index (κ3) is 4.24. The van der Waals surface area contributed by atoms with Crippen molar-refractivity contribution in [2.24, 2.45) is 4.99 Å². The van der Waals surface area contributed by atoms with E-state index in [-0.39, 0.29) is 39.7 Å². The van der Waals surface area contributed by atoms with Gasteiger partial charge in [-0.15, -0.1) is 0 Å². The topological polar surface area (TPSA) is 117 Å².